The van der Waals surface area contributed by atoms with E-state index in [0.29, 0.717) is 6.42 Å². The average molecular weight is 363 g/mol. The first kappa shape index (κ1) is 24.7. The van der Waals surface area contributed by atoms with Gasteiger partial charge in [0.15, 0.2) is 0 Å². The lowest BCUT2D eigenvalue weighted by Crippen LogP contribution is -2.26. The molecule has 0 fully saturated rings. The second-order valence-corrected chi connectivity index (χ2v) is 7.11. The zero-order valence-corrected chi connectivity index (χ0v) is 17.5. The van der Waals surface area contributed by atoms with Crippen molar-refractivity contribution in [1.29, 1.82) is 0 Å². The van der Waals surface area contributed by atoms with Crippen LogP contribution in [-0.2, 0) is 4.79 Å². The highest BCUT2D eigenvalue weighted by Gasteiger charge is 2.00. The molecule has 0 heterocycles. The Hall–Kier alpha value is -1.35. The Morgan fingerprint density at radius 1 is 0.808 bits per heavy atom. The monoisotopic (exact) mass is 362 g/mol. The Morgan fingerprint density at radius 2 is 1.42 bits per heavy atom. The minimum Gasteiger partial charge on any atom is -0.356 e. The minimum atomic E-state index is 0.213. The van der Waals surface area contributed by atoms with Gasteiger partial charge in [0.25, 0.3) is 0 Å². The summed E-state index contributed by atoms with van der Waals surface area (Å²) in [6.07, 6.45) is 25.5. The maximum Gasteiger partial charge on any atom is 0.219 e. The van der Waals surface area contributed by atoms with Crippen LogP contribution in [0.1, 0.15) is 77.6 Å². The van der Waals surface area contributed by atoms with Crippen molar-refractivity contribution in [2.24, 2.45) is 0 Å². The minimum absolute atomic E-state index is 0.213. The molecule has 0 saturated heterocycles. The highest BCUT2D eigenvalue weighted by atomic mass is 16.1. The summed E-state index contributed by atoms with van der Waals surface area (Å²) in [5, 5.41) is 3.00. The number of unbranched alkanes of at least 4 members (excludes halogenated alkanes) is 5. The lowest BCUT2D eigenvalue weighted by atomic mass is 10.1. The van der Waals surface area contributed by atoms with Crippen LogP contribution in [0.2, 0.25) is 0 Å². The van der Waals surface area contributed by atoms with E-state index in [9.17, 15) is 4.79 Å². The van der Waals surface area contributed by atoms with Gasteiger partial charge in [0.1, 0.15) is 0 Å². The summed E-state index contributed by atoms with van der Waals surface area (Å²) < 4.78 is 0. The van der Waals surface area contributed by atoms with E-state index in [1.807, 2.05) is 0 Å². The second kappa shape index (κ2) is 20.0. The van der Waals surface area contributed by atoms with Crippen molar-refractivity contribution in [1.82, 2.24) is 10.2 Å². The predicted molar refractivity (Wildman–Crippen MR) is 115 cm³/mol. The van der Waals surface area contributed by atoms with Gasteiger partial charge in [-0.1, -0.05) is 62.6 Å². The van der Waals surface area contributed by atoms with Crippen molar-refractivity contribution < 1.29 is 4.79 Å². The van der Waals surface area contributed by atoms with Gasteiger partial charge in [-0.3, -0.25) is 4.79 Å². The van der Waals surface area contributed by atoms with Crippen LogP contribution in [-0.4, -0.2) is 38.0 Å². The smallest absolute Gasteiger partial charge is 0.219 e. The predicted octanol–water partition coefficient (Wildman–Crippen LogP) is 5.64. The normalized spacial score (nSPS) is 12.2. The first-order chi connectivity index (χ1) is 12.7. The molecule has 0 unspecified atom stereocenters. The number of carbonyl (C=O) groups excluding carboxylic acids is 1. The van der Waals surface area contributed by atoms with E-state index in [0.717, 1.165) is 45.2 Å². The fraction of sp³-hybridized carbons (Fsp3) is 0.696. The molecule has 0 aliphatic heterocycles. The van der Waals surface area contributed by atoms with Gasteiger partial charge in [-0.25, -0.2) is 0 Å². The fourth-order valence-corrected chi connectivity index (χ4v) is 2.62. The summed E-state index contributed by atoms with van der Waals surface area (Å²) in [5.74, 6) is 0.213. The van der Waals surface area contributed by atoms with E-state index in [-0.39, 0.29) is 5.91 Å². The molecule has 26 heavy (non-hydrogen) atoms. The average Bonchev–Trinajstić information content (AvgIpc) is 2.62. The summed E-state index contributed by atoms with van der Waals surface area (Å²) in [7, 11) is 4.12. The SMILES string of the molecule is CC/C=C\C/C=C\C/C=C\CCCCCCCC(=O)NCCCN(C)C. The molecule has 0 spiro atoms. The summed E-state index contributed by atoms with van der Waals surface area (Å²) in [6, 6.07) is 0. The van der Waals surface area contributed by atoms with E-state index < -0.39 is 0 Å². The van der Waals surface area contributed by atoms with Crippen molar-refractivity contribution in [2.45, 2.75) is 77.6 Å². The maximum absolute atomic E-state index is 11.7. The van der Waals surface area contributed by atoms with Gasteiger partial charge in [-0.15, -0.1) is 0 Å². The van der Waals surface area contributed by atoms with E-state index in [1.165, 1.54) is 32.1 Å². The van der Waals surface area contributed by atoms with Crippen LogP contribution in [0.3, 0.4) is 0 Å². The van der Waals surface area contributed by atoms with Crippen LogP contribution in [0.15, 0.2) is 36.5 Å². The number of hydrogen-bond acceptors (Lipinski definition) is 2. The third-order valence-corrected chi connectivity index (χ3v) is 4.16. The van der Waals surface area contributed by atoms with Crippen LogP contribution in [0, 0.1) is 0 Å². The molecule has 0 rings (SSSR count). The molecule has 0 aromatic carbocycles. The number of carbonyl (C=O) groups is 1. The largest absolute Gasteiger partial charge is 0.356 e. The van der Waals surface area contributed by atoms with Gasteiger partial charge in [-0.2, -0.15) is 0 Å². The van der Waals surface area contributed by atoms with Gasteiger partial charge in [-0.05, 0) is 65.6 Å². The zero-order valence-electron chi connectivity index (χ0n) is 17.5. The van der Waals surface area contributed by atoms with Crippen LogP contribution in [0.25, 0.3) is 0 Å². The molecule has 0 aromatic heterocycles. The lowest BCUT2D eigenvalue weighted by Gasteiger charge is -2.09. The number of amides is 1. The standard InChI is InChI=1S/C23H42N2O/c1-4-5-6-7-8-9-10-11-12-13-14-15-16-17-18-20-23(26)24-21-19-22-25(2)3/h5-6,8-9,11-12H,4,7,10,13-22H2,1-3H3,(H,24,26)/b6-5-,9-8-,12-11-. The summed E-state index contributed by atoms with van der Waals surface area (Å²) in [5.41, 5.74) is 0. The lowest BCUT2D eigenvalue weighted by molar-refractivity contribution is -0.121. The van der Waals surface area contributed by atoms with Gasteiger partial charge in [0.2, 0.25) is 5.91 Å². The number of hydrogen-bond donors (Lipinski definition) is 1. The first-order valence-corrected chi connectivity index (χ1v) is 10.5. The number of rotatable bonds is 17. The highest BCUT2D eigenvalue weighted by Crippen LogP contribution is 2.08. The summed E-state index contributed by atoms with van der Waals surface area (Å²) in [4.78, 5) is 13.8. The summed E-state index contributed by atoms with van der Waals surface area (Å²) in [6.45, 7) is 3.99. The van der Waals surface area contributed by atoms with Gasteiger partial charge in [0, 0.05) is 13.0 Å². The Balaban J connectivity index is 3.31. The Kier molecular flexibility index (Phi) is 18.9. The molecule has 1 amide bonds. The maximum atomic E-state index is 11.7. The molecular weight excluding hydrogens is 320 g/mol. The van der Waals surface area contributed by atoms with E-state index >= 15 is 0 Å². The van der Waals surface area contributed by atoms with Crippen LogP contribution < -0.4 is 5.32 Å². The van der Waals surface area contributed by atoms with Crippen molar-refractivity contribution >= 4 is 5.91 Å². The highest BCUT2D eigenvalue weighted by molar-refractivity contribution is 5.75. The summed E-state index contributed by atoms with van der Waals surface area (Å²) >= 11 is 0. The number of allylic oxidation sites excluding steroid dienone is 6. The van der Waals surface area contributed by atoms with Crippen molar-refractivity contribution in [2.75, 3.05) is 27.2 Å². The molecule has 0 saturated carbocycles. The molecular formula is C23H42N2O. The van der Waals surface area contributed by atoms with Gasteiger partial charge < -0.3 is 10.2 Å². The molecule has 0 aliphatic carbocycles. The van der Waals surface area contributed by atoms with Gasteiger partial charge in [0.05, 0.1) is 0 Å². The van der Waals surface area contributed by atoms with E-state index in [2.05, 4.69) is 67.7 Å². The molecule has 0 bridgehead atoms. The molecule has 3 nitrogen and oxygen atoms in total. The third kappa shape index (κ3) is 20.7. The van der Waals surface area contributed by atoms with Crippen molar-refractivity contribution in [3.8, 4) is 0 Å². The molecule has 150 valence electrons. The van der Waals surface area contributed by atoms with Crippen molar-refractivity contribution in [3.05, 3.63) is 36.5 Å². The second-order valence-electron chi connectivity index (χ2n) is 7.11. The van der Waals surface area contributed by atoms with Crippen LogP contribution in [0.4, 0.5) is 0 Å². The van der Waals surface area contributed by atoms with E-state index in [4.69, 9.17) is 0 Å². The molecule has 0 radical (unpaired) electrons. The molecule has 1 N–H and O–H groups in total. The van der Waals surface area contributed by atoms with E-state index in [1.54, 1.807) is 0 Å². The molecule has 0 atom stereocenters. The quantitative estimate of drug-likeness (QED) is 0.268. The Bertz CT molecular complexity index is 397. The molecule has 0 aromatic rings. The zero-order chi connectivity index (χ0) is 19.3. The molecule has 0 aliphatic rings. The number of nitrogens with zero attached hydrogens (tertiary/aromatic N) is 1. The molecule has 3 heteroatoms. The number of nitrogens with one attached hydrogen (secondary N) is 1. The Morgan fingerprint density at radius 3 is 2.12 bits per heavy atom. The van der Waals surface area contributed by atoms with Crippen LogP contribution >= 0.6 is 0 Å². The van der Waals surface area contributed by atoms with Gasteiger partial charge >= 0.3 is 0 Å². The van der Waals surface area contributed by atoms with Crippen molar-refractivity contribution in [3.63, 3.8) is 0 Å². The fourth-order valence-electron chi connectivity index (χ4n) is 2.62. The Labute approximate surface area is 162 Å². The topological polar surface area (TPSA) is 32.3 Å². The van der Waals surface area contributed by atoms with Crippen LogP contribution in [0.5, 0.6) is 0 Å². The first-order valence-electron chi connectivity index (χ1n) is 10.5. The third-order valence-electron chi connectivity index (χ3n) is 4.16.